The average Bonchev–Trinajstić information content (AvgIpc) is 3.25. The number of thiophene rings is 1. The van der Waals surface area contributed by atoms with Crippen LogP contribution in [0.4, 0.5) is 5.69 Å². The van der Waals surface area contributed by atoms with Crippen molar-refractivity contribution in [3.63, 3.8) is 0 Å². The van der Waals surface area contributed by atoms with Crippen LogP contribution in [-0.2, 0) is 11.3 Å². The van der Waals surface area contributed by atoms with Crippen molar-refractivity contribution < 1.29 is 14.7 Å². The van der Waals surface area contributed by atoms with E-state index in [2.05, 4.69) is 20.9 Å². The summed E-state index contributed by atoms with van der Waals surface area (Å²) in [4.78, 5) is 31.0. The molecular weight excluding hydrogens is 436 g/mol. The second-order valence-corrected chi connectivity index (χ2v) is 9.40. The molecule has 31 heavy (non-hydrogen) atoms. The van der Waals surface area contributed by atoms with Gasteiger partial charge in [-0.2, -0.15) is 0 Å². The van der Waals surface area contributed by atoms with E-state index < -0.39 is 6.04 Å². The lowest BCUT2D eigenvalue weighted by Crippen LogP contribution is -2.48. The van der Waals surface area contributed by atoms with E-state index in [0.29, 0.717) is 28.8 Å². The fourth-order valence-corrected chi connectivity index (χ4v) is 4.84. The van der Waals surface area contributed by atoms with Crippen molar-refractivity contribution in [2.75, 3.05) is 18.5 Å². The Bertz CT molecular complexity index is 870. The van der Waals surface area contributed by atoms with Gasteiger partial charge in [-0.15, -0.1) is 11.3 Å². The van der Waals surface area contributed by atoms with Gasteiger partial charge in [-0.3, -0.25) is 14.6 Å². The Balaban J connectivity index is 1.58. The summed E-state index contributed by atoms with van der Waals surface area (Å²) in [6, 6.07) is 4.86. The number of pyridine rings is 1. The van der Waals surface area contributed by atoms with Crippen LogP contribution in [0.25, 0.3) is 0 Å². The van der Waals surface area contributed by atoms with Gasteiger partial charge in [-0.1, -0.05) is 43.7 Å². The van der Waals surface area contributed by atoms with Gasteiger partial charge in [0.25, 0.3) is 5.91 Å². The molecule has 7 nitrogen and oxygen atoms in total. The van der Waals surface area contributed by atoms with E-state index in [9.17, 15) is 9.59 Å². The minimum atomic E-state index is -0.594. The molecule has 1 aliphatic carbocycles. The van der Waals surface area contributed by atoms with E-state index in [1.807, 2.05) is 6.07 Å². The molecule has 0 saturated heterocycles. The van der Waals surface area contributed by atoms with Crippen molar-refractivity contribution in [1.82, 2.24) is 15.6 Å². The first-order valence-electron chi connectivity index (χ1n) is 10.7. The number of rotatable bonds is 10. The molecular formula is C22H29ClN4O3S. The van der Waals surface area contributed by atoms with Gasteiger partial charge in [0.05, 0.1) is 28.4 Å². The van der Waals surface area contributed by atoms with Gasteiger partial charge in [0.15, 0.2) is 0 Å². The number of amides is 2. The highest BCUT2D eigenvalue weighted by Crippen LogP contribution is 2.28. The number of hydrogen-bond acceptors (Lipinski definition) is 6. The van der Waals surface area contributed by atoms with Gasteiger partial charge >= 0.3 is 0 Å². The topological polar surface area (TPSA) is 103 Å². The van der Waals surface area contributed by atoms with Crippen molar-refractivity contribution in [2.24, 2.45) is 5.92 Å². The van der Waals surface area contributed by atoms with E-state index in [0.717, 1.165) is 23.4 Å². The van der Waals surface area contributed by atoms with Crippen molar-refractivity contribution >= 4 is 40.4 Å². The highest BCUT2D eigenvalue weighted by atomic mass is 35.5. The lowest BCUT2D eigenvalue weighted by atomic mass is 9.84. The number of carbonyl (C=O) groups excluding carboxylic acids is 2. The predicted molar refractivity (Wildman–Crippen MR) is 123 cm³/mol. The van der Waals surface area contributed by atoms with Crippen molar-refractivity contribution in [1.29, 1.82) is 0 Å². The number of aliphatic hydroxyl groups is 1. The Labute approximate surface area is 191 Å². The minimum Gasteiger partial charge on any atom is -0.395 e. The third-order valence-electron chi connectivity index (χ3n) is 5.38. The monoisotopic (exact) mass is 464 g/mol. The van der Waals surface area contributed by atoms with Crippen LogP contribution in [0, 0.1) is 5.92 Å². The molecule has 0 unspecified atom stereocenters. The number of nitrogens with one attached hydrogen (secondary N) is 3. The zero-order valence-electron chi connectivity index (χ0n) is 17.4. The third kappa shape index (κ3) is 7.48. The van der Waals surface area contributed by atoms with E-state index in [1.54, 1.807) is 24.5 Å². The number of nitrogens with zero attached hydrogens (tertiary/aromatic N) is 1. The SMILES string of the molecule is O=C(N[C@@H](CC1CCCCC1)C(=O)NCCO)c1ccc(CNc2cncc(Cl)c2)s1. The normalized spacial score (nSPS) is 15.3. The number of halogens is 1. The molecule has 4 N–H and O–H groups in total. The maximum absolute atomic E-state index is 12.8. The fraction of sp³-hybridized carbons (Fsp3) is 0.500. The van der Waals surface area contributed by atoms with Crippen LogP contribution in [0.3, 0.4) is 0 Å². The summed E-state index contributed by atoms with van der Waals surface area (Å²) in [5, 5.41) is 18.4. The molecule has 2 aromatic rings. The van der Waals surface area contributed by atoms with Crippen LogP contribution in [-0.4, -0.2) is 41.1 Å². The van der Waals surface area contributed by atoms with Gasteiger partial charge in [-0.25, -0.2) is 0 Å². The second-order valence-electron chi connectivity index (χ2n) is 7.79. The van der Waals surface area contributed by atoms with Gasteiger partial charge in [0, 0.05) is 24.2 Å². The minimum absolute atomic E-state index is 0.126. The highest BCUT2D eigenvalue weighted by Gasteiger charge is 2.26. The summed E-state index contributed by atoms with van der Waals surface area (Å²) in [6.07, 6.45) is 9.65. The van der Waals surface area contributed by atoms with Gasteiger partial charge in [0.2, 0.25) is 5.91 Å². The molecule has 2 heterocycles. The Morgan fingerprint density at radius 3 is 2.77 bits per heavy atom. The molecule has 0 aromatic carbocycles. The Morgan fingerprint density at radius 1 is 1.23 bits per heavy atom. The number of aromatic nitrogens is 1. The molecule has 9 heteroatoms. The molecule has 1 fully saturated rings. The maximum atomic E-state index is 12.8. The molecule has 1 aliphatic rings. The molecule has 2 aromatic heterocycles. The van der Waals surface area contributed by atoms with Crippen molar-refractivity contribution in [3.05, 3.63) is 45.4 Å². The van der Waals surface area contributed by atoms with Crippen LogP contribution in [0.2, 0.25) is 5.02 Å². The average molecular weight is 465 g/mol. The van der Waals surface area contributed by atoms with E-state index in [1.165, 1.54) is 30.6 Å². The number of hydrogen-bond donors (Lipinski definition) is 4. The molecule has 0 bridgehead atoms. The van der Waals surface area contributed by atoms with Gasteiger partial charge in [0.1, 0.15) is 6.04 Å². The molecule has 0 aliphatic heterocycles. The summed E-state index contributed by atoms with van der Waals surface area (Å²) >= 11 is 7.33. The van der Waals surface area contributed by atoms with Crippen LogP contribution in [0.5, 0.6) is 0 Å². The highest BCUT2D eigenvalue weighted by molar-refractivity contribution is 7.14. The zero-order chi connectivity index (χ0) is 22.1. The van der Waals surface area contributed by atoms with Gasteiger partial charge in [-0.05, 0) is 30.5 Å². The van der Waals surface area contributed by atoms with Crippen LogP contribution >= 0.6 is 22.9 Å². The van der Waals surface area contributed by atoms with Crippen LogP contribution < -0.4 is 16.0 Å². The first-order valence-corrected chi connectivity index (χ1v) is 11.9. The maximum Gasteiger partial charge on any atom is 0.262 e. The van der Waals surface area contributed by atoms with E-state index in [4.69, 9.17) is 16.7 Å². The van der Waals surface area contributed by atoms with E-state index in [-0.39, 0.29) is 25.0 Å². The Morgan fingerprint density at radius 2 is 2.03 bits per heavy atom. The first kappa shape index (κ1) is 23.5. The first-order chi connectivity index (χ1) is 15.0. The fourth-order valence-electron chi connectivity index (χ4n) is 3.81. The largest absolute Gasteiger partial charge is 0.395 e. The molecule has 168 valence electrons. The number of aliphatic hydroxyl groups excluding tert-OH is 1. The molecule has 1 atom stereocenters. The second kappa shape index (κ2) is 12.0. The third-order valence-corrected chi connectivity index (χ3v) is 6.67. The van der Waals surface area contributed by atoms with Crippen LogP contribution in [0.15, 0.2) is 30.6 Å². The number of anilines is 1. The Hall–Kier alpha value is -2.16. The smallest absolute Gasteiger partial charge is 0.262 e. The lowest BCUT2D eigenvalue weighted by Gasteiger charge is -2.26. The predicted octanol–water partition coefficient (Wildman–Crippen LogP) is 3.59. The standard InChI is InChI=1S/C22H29ClN4O3S/c23-16-11-17(13-24-12-16)26-14-18-6-7-20(31-18)22(30)27-19(21(29)25-8-9-28)10-15-4-2-1-3-5-15/h6-7,11-13,15,19,26,28H,1-5,8-10,14H2,(H,25,29)(H,27,30)/t19-/m0/s1. The Kier molecular flexibility index (Phi) is 9.12. The molecule has 0 radical (unpaired) electrons. The summed E-state index contributed by atoms with van der Waals surface area (Å²) in [7, 11) is 0. The number of carbonyl (C=O) groups is 2. The summed E-state index contributed by atoms with van der Waals surface area (Å²) in [5.74, 6) is -0.0474. The summed E-state index contributed by atoms with van der Waals surface area (Å²) < 4.78 is 0. The summed E-state index contributed by atoms with van der Waals surface area (Å²) in [6.45, 7) is 0.602. The lowest BCUT2D eigenvalue weighted by molar-refractivity contribution is -0.123. The molecule has 2 amide bonds. The van der Waals surface area contributed by atoms with Gasteiger partial charge < -0.3 is 21.1 Å². The van der Waals surface area contributed by atoms with Crippen LogP contribution in [0.1, 0.15) is 53.1 Å². The van der Waals surface area contributed by atoms with Crippen molar-refractivity contribution in [2.45, 2.75) is 51.1 Å². The molecule has 3 rings (SSSR count). The molecule has 0 spiro atoms. The zero-order valence-corrected chi connectivity index (χ0v) is 19.0. The van der Waals surface area contributed by atoms with E-state index >= 15 is 0 Å². The quantitative estimate of drug-likeness (QED) is 0.430. The molecule has 1 saturated carbocycles. The summed E-state index contributed by atoms with van der Waals surface area (Å²) in [5.41, 5.74) is 0.806. The van der Waals surface area contributed by atoms with Crippen molar-refractivity contribution in [3.8, 4) is 0 Å².